The number of nitrogens with zero attached hydrogens (tertiary/aromatic N) is 1. The summed E-state index contributed by atoms with van der Waals surface area (Å²) in [5.41, 5.74) is 10.8. The molecule has 0 heterocycles. The monoisotopic (exact) mass is 432 g/mol. The summed E-state index contributed by atoms with van der Waals surface area (Å²) in [7, 11) is 0. The van der Waals surface area contributed by atoms with Crippen molar-refractivity contribution in [2.45, 2.75) is 27.7 Å². The Hall–Kier alpha value is -3.78. The molecule has 0 aliphatic carbocycles. The highest BCUT2D eigenvalue weighted by atomic mass is 15.1. The molecule has 4 rings (SSSR count). The molecule has 2 nitrogen and oxygen atoms in total. The fraction of sp³-hybridized carbons (Fsp3) is 0.161. The molecule has 1 N–H and O–H groups in total. The van der Waals surface area contributed by atoms with Gasteiger partial charge in [0, 0.05) is 29.3 Å². The Balaban J connectivity index is 1.63. The van der Waals surface area contributed by atoms with Crippen molar-refractivity contribution >= 4 is 34.9 Å². The Morgan fingerprint density at radius 3 is 1.94 bits per heavy atom. The van der Waals surface area contributed by atoms with Crippen molar-refractivity contribution in [3.8, 4) is 0 Å². The van der Waals surface area contributed by atoms with Gasteiger partial charge in [-0.1, -0.05) is 60.2 Å². The van der Waals surface area contributed by atoms with Crippen LogP contribution in [-0.4, -0.2) is 6.54 Å². The molecule has 0 amide bonds. The minimum absolute atomic E-state index is 0.923. The molecular weight excluding hydrogens is 400 g/mol. The Morgan fingerprint density at radius 1 is 0.606 bits per heavy atom. The summed E-state index contributed by atoms with van der Waals surface area (Å²) < 4.78 is 0. The second-order valence-corrected chi connectivity index (χ2v) is 8.60. The van der Waals surface area contributed by atoms with E-state index in [4.69, 9.17) is 0 Å². The molecule has 2 heteroatoms. The predicted octanol–water partition coefficient (Wildman–Crippen LogP) is 8.68. The van der Waals surface area contributed by atoms with Gasteiger partial charge in [0.1, 0.15) is 0 Å². The maximum atomic E-state index is 3.41. The smallest absolute Gasteiger partial charge is 0.0464 e. The van der Waals surface area contributed by atoms with Crippen molar-refractivity contribution in [2.75, 3.05) is 16.8 Å². The normalized spacial score (nSPS) is 11.0. The number of rotatable bonds is 7. The lowest BCUT2D eigenvalue weighted by Crippen LogP contribution is -2.10. The third-order valence-corrected chi connectivity index (χ3v) is 5.65. The van der Waals surface area contributed by atoms with Crippen LogP contribution in [0.15, 0.2) is 91.0 Å². The molecule has 0 fully saturated rings. The maximum absolute atomic E-state index is 3.41. The number of aryl methyl sites for hydroxylation is 3. The van der Waals surface area contributed by atoms with Crippen LogP contribution in [0, 0.1) is 20.8 Å². The van der Waals surface area contributed by atoms with Crippen LogP contribution in [-0.2, 0) is 0 Å². The topological polar surface area (TPSA) is 15.3 Å². The minimum atomic E-state index is 0.923. The van der Waals surface area contributed by atoms with Gasteiger partial charge in [0.25, 0.3) is 0 Å². The van der Waals surface area contributed by atoms with Gasteiger partial charge < -0.3 is 10.2 Å². The van der Waals surface area contributed by atoms with Crippen LogP contribution in [0.2, 0.25) is 0 Å². The van der Waals surface area contributed by atoms with Gasteiger partial charge in [-0.2, -0.15) is 0 Å². The summed E-state index contributed by atoms with van der Waals surface area (Å²) in [5, 5.41) is 3.41. The van der Waals surface area contributed by atoms with Crippen molar-refractivity contribution in [2.24, 2.45) is 0 Å². The molecule has 0 saturated heterocycles. The van der Waals surface area contributed by atoms with Crippen LogP contribution in [0.4, 0.5) is 22.7 Å². The number of anilines is 4. The van der Waals surface area contributed by atoms with Gasteiger partial charge >= 0.3 is 0 Å². The molecule has 0 bridgehead atoms. The average Bonchev–Trinajstić information content (AvgIpc) is 2.80. The zero-order valence-corrected chi connectivity index (χ0v) is 20.0. The van der Waals surface area contributed by atoms with E-state index in [0.717, 1.165) is 23.6 Å². The van der Waals surface area contributed by atoms with Crippen molar-refractivity contribution in [1.82, 2.24) is 0 Å². The Labute approximate surface area is 198 Å². The van der Waals surface area contributed by atoms with E-state index >= 15 is 0 Å². The Bertz CT molecular complexity index is 1230. The van der Waals surface area contributed by atoms with E-state index in [2.05, 4.69) is 141 Å². The first-order valence-corrected chi connectivity index (χ1v) is 11.6. The van der Waals surface area contributed by atoms with Crippen molar-refractivity contribution in [1.29, 1.82) is 0 Å². The summed E-state index contributed by atoms with van der Waals surface area (Å²) in [4.78, 5) is 2.31. The van der Waals surface area contributed by atoms with Crippen LogP contribution in [0.25, 0.3) is 12.2 Å². The molecule has 4 aromatic rings. The van der Waals surface area contributed by atoms with Crippen LogP contribution < -0.4 is 10.2 Å². The Kier molecular flexibility index (Phi) is 6.95. The minimum Gasteiger partial charge on any atom is -0.385 e. The van der Waals surface area contributed by atoms with E-state index in [1.165, 1.54) is 33.5 Å². The van der Waals surface area contributed by atoms with Gasteiger partial charge in [0.15, 0.2) is 0 Å². The van der Waals surface area contributed by atoms with Gasteiger partial charge in [-0.05, 0) is 98.5 Å². The van der Waals surface area contributed by atoms with Crippen LogP contribution in [0.5, 0.6) is 0 Å². The highest BCUT2D eigenvalue weighted by Gasteiger charge is 2.12. The largest absolute Gasteiger partial charge is 0.385 e. The van der Waals surface area contributed by atoms with Crippen molar-refractivity contribution in [3.63, 3.8) is 0 Å². The second-order valence-electron chi connectivity index (χ2n) is 8.60. The third kappa shape index (κ3) is 5.72. The zero-order chi connectivity index (χ0) is 23.2. The van der Waals surface area contributed by atoms with Gasteiger partial charge in [-0.3, -0.25) is 0 Å². The molecule has 166 valence electrons. The lowest BCUT2D eigenvalue weighted by atomic mass is 10.1. The van der Waals surface area contributed by atoms with Crippen LogP contribution in [0.3, 0.4) is 0 Å². The van der Waals surface area contributed by atoms with Crippen molar-refractivity contribution < 1.29 is 0 Å². The standard InChI is InChI=1S/C31H32N2/c1-5-32-28-20-25(4)19-27(22-28)12-11-26-13-17-30(18-14-26)33(29-15-9-23(2)10-16-29)31-8-6-7-24(3)21-31/h6-22,32H,5H2,1-4H3/b12-11+. The van der Waals surface area contributed by atoms with Gasteiger partial charge in [-0.25, -0.2) is 0 Å². The molecule has 0 atom stereocenters. The van der Waals surface area contributed by atoms with E-state index in [0.29, 0.717) is 0 Å². The fourth-order valence-corrected chi connectivity index (χ4v) is 4.05. The fourth-order valence-electron chi connectivity index (χ4n) is 4.05. The number of benzene rings is 4. The first-order valence-electron chi connectivity index (χ1n) is 11.6. The average molecular weight is 433 g/mol. The van der Waals surface area contributed by atoms with Gasteiger partial charge in [0.2, 0.25) is 0 Å². The molecule has 4 aromatic carbocycles. The van der Waals surface area contributed by atoms with E-state index in [1.54, 1.807) is 0 Å². The second kappa shape index (κ2) is 10.2. The van der Waals surface area contributed by atoms with Gasteiger partial charge in [0.05, 0.1) is 0 Å². The molecule has 0 aromatic heterocycles. The molecule has 0 aliphatic heterocycles. The van der Waals surface area contributed by atoms with Crippen LogP contribution >= 0.6 is 0 Å². The summed E-state index contributed by atoms with van der Waals surface area (Å²) in [6, 6.07) is 32.7. The van der Waals surface area contributed by atoms with Crippen molar-refractivity contribution in [3.05, 3.63) is 119 Å². The first-order chi connectivity index (χ1) is 16.0. The van der Waals surface area contributed by atoms with E-state index in [1.807, 2.05) is 0 Å². The predicted molar refractivity (Wildman–Crippen MR) is 145 cm³/mol. The van der Waals surface area contributed by atoms with Gasteiger partial charge in [-0.15, -0.1) is 0 Å². The quantitative estimate of drug-likeness (QED) is 0.294. The SMILES string of the molecule is CCNc1cc(C)cc(/C=C/c2ccc(N(c3ccc(C)cc3)c3cccc(C)c3)cc2)c1. The lowest BCUT2D eigenvalue weighted by Gasteiger charge is -2.26. The third-order valence-electron chi connectivity index (χ3n) is 5.65. The number of nitrogens with one attached hydrogen (secondary N) is 1. The molecular formula is C31H32N2. The summed E-state index contributed by atoms with van der Waals surface area (Å²) in [5.74, 6) is 0. The van der Waals surface area contributed by atoms with Crippen LogP contribution in [0.1, 0.15) is 34.7 Å². The highest BCUT2D eigenvalue weighted by Crippen LogP contribution is 2.35. The molecule has 0 radical (unpaired) electrons. The summed E-state index contributed by atoms with van der Waals surface area (Å²) in [6.45, 7) is 9.44. The number of hydrogen-bond acceptors (Lipinski definition) is 2. The highest BCUT2D eigenvalue weighted by molar-refractivity contribution is 5.78. The first kappa shape index (κ1) is 22.4. The Morgan fingerprint density at radius 2 is 1.27 bits per heavy atom. The molecule has 0 spiro atoms. The van der Waals surface area contributed by atoms with E-state index in [-0.39, 0.29) is 0 Å². The number of hydrogen-bond donors (Lipinski definition) is 1. The maximum Gasteiger partial charge on any atom is 0.0464 e. The van der Waals surface area contributed by atoms with E-state index < -0.39 is 0 Å². The molecule has 0 unspecified atom stereocenters. The summed E-state index contributed by atoms with van der Waals surface area (Å²) >= 11 is 0. The van der Waals surface area contributed by atoms with E-state index in [9.17, 15) is 0 Å². The molecule has 33 heavy (non-hydrogen) atoms. The summed E-state index contributed by atoms with van der Waals surface area (Å²) in [6.07, 6.45) is 4.36. The molecule has 0 saturated carbocycles. The lowest BCUT2D eigenvalue weighted by molar-refractivity contribution is 1.21. The zero-order valence-electron chi connectivity index (χ0n) is 20.0. The molecule has 0 aliphatic rings.